The van der Waals surface area contributed by atoms with Crippen molar-refractivity contribution in [1.82, 2.24) is 29.8 Å². The van der Waals surface area contributed by atoms with E-state index in [1.54, 1.807) is 23.5 Å². The van der Waals surface area contributed by atoms with Gasteiger partial charge in [0, 0.05) is 17.3 Å². The molecular weight excluding hydrogens is 416 g/mol. The van der Waals surface area contributed by atoms with Crippen molar-refractivity contribution in [2.24, 2.45) is 0 Å². The van der Waals surface area contributed by atoms with Gasteiger partial charge in [0.25, 0.3) is 5.56 Å². The molecule has 5 rings (SSSR count). The molecule has 154 valence electrons. The Morgan fingerprint density at radius 1 is 1.03 bits per heavy atom. The molecule has 0 radical (unpaired) electrons. The molecule has 0 saturated heterocycles. The standard InChI is InChI=1S/C21H22N6OS2/c28-20-17-10-4-5-11-18(17)22-25-26(20)14-30-21-24-23-19(13-16-9-6-12-29-16)27(21)15-7-2-1-3-8-15/h4-6,9-12,15H,1-3,7-8,13-14H2. The van der Waals surface area contributed by atoms with E-state index in [-0.39, 0.29) is 5.56 Å². The van der Waals surface area contributed by atoms with Crippen LogP contribution in [0.1, 0.15) is 48.8 Å². The lowest BCUT2D eigenvalue weighted by molar-refractivity contribution is 0.330. The van der Waals surface area contributed by atoms with Crippen LogP contribution in [0, 0.1) is 0 Å². The number of hydrogen-bond donors (Lipinski definition) is 0. The van der Waals surface area contributed by atoms with Crippen LogP contribution in [0.15, 0.2) is 51.7 Å². The molecule has 30 heavy (non-hydrogen) atoms. The van der Waals surface area contributed by atoms with Gasteiger partial charge in [0.05, 0.1) is 11.3 Å². The molecule has 3 heterocycles. The molecule has 0 amide bonds. The van der Waals surface area contributed by atoms with Gasteiger partial charge in [0.1, 0.15) is 11.3 Å². The molecule has 0 unspecified atom stereocenters. The van der Waals surface area contributed by atoms with Gasteiger partial charge in [0.15, 0.2) is 5.16 Å². The second kappa shape index (κ2) is 8.69. The Kier molecular flexibility index (Phi) is 5.63. The van der Waals surface area contributed by atoms with Crippen LogP contribution in [0.2, 0.25) is 0 Å². The minimum Gasteiger partial charge on any atom is -0.303 e. The maximum Gasteiger partial charge on any atom is 0.278 e. The Labute approximate surface area is 182 Å². The third kappa shape index (κ3) is 3.91. The van der Waals surface area contributed by atoms with E-state index in [9.17, 15) is 4.79 Å². The normalized spacial score (nSPS) is 15.1. The Bertz CT molecular complexity index is 1190. The second-order valence-electron chi connectivity index (χ2n) is 7.50. The summed E-state index contributed by atoms with van der Waals surface area (Å²) in [5.41, 5.74) is 0.489. The first-order chi connectivity index (χ1) is 14.8. The number of thiophene rings is 1. The molecule has 0 spiro atoms. The lowest BCUT2D eigenvalue weighted by atomic mass is 9.95. The predicted octanol–water partition coefficient (Wildman–Crippen LogP) is 4.29. The first-order valence-electron chi connectivity index (χ1n) is 10.2. The molecule has 1 saturated carbocycles. The first kappa shape index (κ1) is 19.4. The van der Waals surface area contributed by atoms with Crippen LogP contribution in [-0.2, 0) is 12.3 Å². The maximum atomic E-state index is 12.8. The fourth-order valence-corrected chi connectivity index (χ4v) is 5.63. The number of nitrogens with zero attached hydrogens (tertiary/aromatic N) is 6. The maximum absolute atomic E-state index is 12.8. The van der Waals surface area contributed by atoms with Crippen molar-refractivity contribution < 1.29 is 0 Å². The molecule has 0 aliphatic heterocycles. The Balaban J connectivity index is 1.43. The van der Waals surface area contributed by atoms with Gasteiger partial charge in [0.2, 0.25) is 0 Å². The molecule has 3 aromatic heterocycles. The van der Waals surface area contributed by atoms with E-state index in [0.29, 0.717) is 22.8 Å². The zero-order valence-corrected chi connectivity index (χ0v) is 18.1. The number of hydrogen-bond acceptors (Lipinski definition) is 7. The van der Waals surface area contributed by atoms with Crippen LogP contribution in [0.5, 0.6) is 0 Å². The fraction of sp³-hybridized carbons (Fsp3) is 0.381. The van der Waals surface area contributed by atoms with Crippen molar-refractivity contribution in [3.63, 3.8) is 0 Å². The molecule has 0 bridgehead atoms. The predicted molar refractivity (Wildman–Crippen MR) is 119 cm³/mol. The molecule has 1 fully saturated rings. The minimum absolute atomic E-state index is 0.129. The minimum atomic E-state index is -0.129. The third-order valence-corrected chi connectivity index (χ3v) is 7.32. The fourth-order valence-electron chi connectivity index (χ4n) is 4.03. The van der Waals surface area contributed by atoms with Gasteiger partial charge < -0.3 is 4.57 Å². The summed E-state index contributed by atoms with van der Waals surface area (Å²) in [6.45, 7) is 0. The van der Waals surface area contributed by atoms with Gasteiger partial charge in [-0.3, -0.25) is 4.79 Å². The van der Waals surface area contributed by atoms with E-state index in [1.165, 1.54) is 40.6 Å². The number of rotatable bonds is 6. The van der Waals surface area contributed by atoms with Gasteiger partial charge in [-0.15, -0.1) is 26.6 Å². The first-order valence-corrected chi connectivity index (χ1v) is 12.1. The molecular formula is C21H22N6OS2. The smallest absolute Gasteiger partial charge is 0.278 e. The molecule has 1 aromatic carbocycles. The van der Waals surface area contributed by atoms with E-state index < -0.39 is 0 Å². The topological polar surface area (TPSA) is 78.5 Å². The van der Waals surface area contributed by atoms with Crippen molar-refractivity contribution in [2.45, 2.75) is 55.6 Å². The Morgan fingerprint density at radius 2 is 1.90 bits per heavy atom. The van der Waals surface area contributed by atoms with E-state index in [2.05, 4.69) is 42.6 Å². The lowest BCUT2D eigenvalue weighted by Gasteiger charge is -2.25. The van der Waals surface area contributed by atoms with Crippen molar-refractivity contribution in [2.75, 3.05) is 0 Å². The average molecular weight is 439 g/mol. The average Bonchev–Trinajstić information content (AvgIpc) is 3.44. The summed E-state index contributed by atoms with van der Waals surface area (Å²) in [5.74, 6) is 1.37. The van der Waals surface area contributed by atoms with Gasteiger partial charge >= 0.3 is 0 Å². The SMILES string of the molecule is O=c1c2ccccc2nnn1CSc1nnc(Cc2cccs2)n1C1CCCCC1. The van der Waals surface area contributed by atoms with E-state index in [0.717, 1.165) is 30.2 Å². The third-order valence-electron chi connectivity index (χ3n) is 5.53. The quantitative estimate of drug-likeness (QED) is 0.418. The van der Waals surface area contributed by atoms with Crippen LogP contribution in [0.25, 0.3) is 10.9 Å². The highest BCUT2D eigenvalue weighted by Gasteiger charge is 2.23. The molecule has 0 atom stereocenters. The van der Waals surface area contributed by atoms with E-state index in [1.807, 2.05) is 12.1 Å². The van der Waals surface area contributed by atoms with Crippen LogP contribution in [0.4, 0.5) is 0 Å². The Hall–Kier alpha value is -2.52. The number of fused-ring (bicyclic) bond motifs is 1. The van der Waals surface area contributed by atoms with E-state index >= 15 is 0 Å². The van der Waals surface area contributed by atoms with Crippen molar-refractivity contribution in [3.05, 3.63) is 62.8 Å². The highest BCUT2D eigenvalue weighted by molar-refractivity contribution is 7.98. The highest BCUT2D eigenvalue weighted by atomic mass is 32.2. The molecule has 9 heteroatoms. The Morgan fingerprint density at radius 3 is 2.73 bits per heavy atom. The number of thioether (sulfide) groups is 1. The summed E-state index contributed by atoms with van der Waals surface area (Å²) in [5, 5.41) is 20.8. The summed E-state index contributed by atoms with van der Waals surface area (Å²) in [6, 6.07) is 11.9. The molecule has 0 N–H and O–H groups in total. The van der Waals surface area contributed by atoms with Crippen molar-refractivity contribution >= 4 is 34.0 Å². The van der Waals surface area contributed by atoms with Crippen molar-refractivity contribution in [1.29, 1.82) is 0 Å². The highest BCUT2D eigenvalue weighted by Crippen LogP contribution is 2.33. The second-order valence-corrected chi connectivity index (χ2v) is 9.45. The van der Waals surface area contributed by atoms with Gasteiger partial charge in [-0.05, 0) is 36.4 Å². The van der Waals surface area contributed by atoms with Crippen LogP contribution < -0.4 is 5.56 Å². The summed E-state index contributed by atoms with van der Waals surface area (Å²) in [7, 11) is 0. The lowest BCUT2D eigenvalue weighted by Crippen LogP contribution is -2.23. The van der Waals surface area contributed by atoms with E-state index in [4.69, 9.17) is 0 Å². The molecule has 4 aromatic rings. The van der Waals surface area contributed by atoms with Gasteiger partial charge in [-0.1, -0.05) is 54.4 Å². The van der Waals surface area contributed by atoms with Crippen LogP contribution in [0.3, 0.4) is 0 Å². The van der Waals surface area contributed by atoms with Gasteiger partial charge in [-0.25, -0.2) is 0 Å². The van der Waals surface area contributed by atoms with Crippen LogP contribution in [-0.4, -0.2) is 29.8 Å². The summed E-state index contributed by atoms with van der Waals surface area (Å²) < 4.78 is 3.72. The monoisotopic (exact) mass is 438 g/mol. The molecule has 7 nitrogen and oxygen atoms in total. The zero-order valence-electron chi connectivity index (χ0n) is 16.5. The van der Waals surface area contributed by atoms with Gasteiger partial charge in [-0.2, -0.15) is 4.68 Å². The van der Waals surface area contributed by atoms with Crippen molar-refractivity contribution in [3.8, 4) is 0 Å². The van der Waals surface area contributed by atoms with Crippen LogP contribution >= 0.6 is 23.1 Å². The molecule has 1 aliphatic carbocycles. The zero-order chi connectivity index (χ0) is 20.3. The summed E-state index contributed by atoms with van der Waals surface area (Å²) in [4.78, 5) is 14.0. The summed E-state index contributed by atoms with van der Waals surface area (Å²) in [6.07, 6.45) is 6.86. The number of aromatic nitrogens is 6. The molecule has 1 aliphatic rings. The number of benzene rings is 1. The largest absolute Gasteiger partial charge is 0.303 e. The summed E-state index contributed by atoms with van der Waals surface area (Å²) >= 11 is 3.25.